The van der Waals surface area contributed by atoms with E-state index in [0.717, 1.165) is 0 Å². The number of pyridine rings is 1. The van der Waals surface area contributed by atoms with Gasteiger partial charge in [-0.1, -0.05) is 0 Å². The van der Waals surface area contributed by atoms with Crippen LogP contribution in [0, 0.1) is 13.8 Å². The van der Waals surface area contributed by atoms with Gasteiger partial charge in [0.1, 0.15) is 11.4 Å². The molecule has 1 N–H and O–H groups in total. The largest absolute Gasteiger partial charge is 0.327 e. The van der Waals surface area contributed by atoms with Crippen LogP contribution < -0.4 is 10.9 Å². The molecule has 0 aromatic carbocycles. The molecule has 1 aliphatic heterocycles. The smallest absolute Gasteiger partial charge is 0.270 e. The lowest BCUT2D eigenvalue weighted by molar-refractivity contribution is -0.0668. The van der Waals surface area contributed by atoms with Crippen LogP contribution in [0.1, 0.15) is 47.3 Å². The number of hydrogen-bond donors (Lipinski definition) is 1. The van der Waals surface area contributed by atoms with Gasteiger partial charge in [0.2, 0.25) is 5.92 Å². The minimum Gasteiger partial charge on any atom is -0.327 e. The van der Waals surface area contributed by atoms with E-state index in [4.69, 9.17) is 0 Å². The Kier molecular flexibility index (Phi) is 2.59. The van der Waals surface area contributed by atoms with Crippen LogP contribution in [-0.2, 0) is 5.66 Å². The van der Waals surface area contributed by atoms with Crippen molar-refractivity contribution in [3.8, 4) is 0 Å². The number of aryl methyl sites for hydroxylation is 2. The normalized spacial score (nSPS) is 22.7. The molecule has 1 aromatic rings. The van der Waals surface area contributed by atoms with Crippen LogP contribution in [0.5, 0.6) is 0 Å². The molecule has 20 heavy (non-hydrogen) atoms. The van der Waals surface area contributed by atoms with Crippen molar-refractivity contribution < 1.29 is 13.6 Å². The van der Waals surface area contributed by atoms with Crippen molar-refractivity contribution in [2.75, 3.05) is 0 Å². The zero-order chi connectivity index (χ0) is 14.7. The monoisotopic (exact) mass is 282 g/mol. The van der Waals surface area contributed by atoms with Crippen molar-refractivity contribution in [1.82, 2.24) is 9.88 Å². The zero-order valence-electron chi connectivity index (χ0n) is 11.4. The molecule has 1 spiro atoms. The SMILES string of the molecule is Cc1cc(C)c(=O)n2c1C(=O)NC21CCC(F)(F)CC1. The summed E-state index contributed by atoms with van der Waals surface area (Å²) in [5.41, 5.74) is 0.301. The van der Waals surface area contributed by atoms with E-state index < -0.39 is 11.6 Å². The van der Waals surface area contributed by atoms with Crippen LogP contribution in [-0.4, -0.2) is 16.4 Å². The van der Waals surface area contributed by atoms with E-state index in [9.17, 15) is 18.4 Å². The van der Waals surface area contributed by atoms with Gasteiger partial charge in [-0.2, -0.15) is 0 Å². The van der Waals surface area contributed by atoms with Crippen molar-refractivity contribution in [2.45, 2.75) is 51.1 Å². The number of halogens is 2. The molecule has 0 unspecified atom stereocenters. The van der Waals surface area contributed by atoms with Gasteiger partial charge < -0.3 is 5.32 Å². The van der Waals surface area contributed by atoms with Crippen LogP contribution in [0.3, 0.4) is 0 Å². The lowest BCUT2D eigenvalue weighted by atomic mass is 9.86. The fraction of sp³-hybridized carbons (Fsp3) is 0.571. The highest BCUT2D eigenvalue weighted by Crippen LogP contribution is 2.43. The highest BCUT2D eigenvalue weighted by atomic mass is 19.3. The minimum atomic E-state index is -2.71. The van der Waals surface area contributed by atoms with E-state index in [-0.39, 0.29) is 37.1 Å². The van der Waals surface area contributed by atoms with Crippen LogP contribution in [0.15, 0.2) is 10.9 Å². The van der Waals surface area contributed by atoms with Crippen LogP contribution in [0.25, 0.3) is 0 Å². The molecular formula is C14H16F2N2O2. The summed E-state index contributed by atoms with van der Waals surface area (Å²) in [6.45, 7) is 3.44. The summed E-state index contributed by atoms with van der Waals surface area (Å²) in [5.74, 6) is -3.05. The van der Waals surface area contributed by atoms with Gasteiger partial charge in [0, 0.05) is 18.4 Å². The number of rotatable bonds is 0. The second-order valence-electron chi connectivity index (χ2n) is 5.84. The van der Waals surface area contributed by atoms with Gasteiger partial charge in [0.25, 0.3) is 11.5 Å². The third kappa shape index (κ3) is 1.70. The standard InChI is InChI=1S/C14H16F2N2O2/c1-8-7-9(2)12(20)18-10(8)11(19)17-14(18)5-3-13(15,16)4-6-14/h7H,3-6H2,1-2H3,(H,17,19). The number of amides is 1. The molecule has 1 aliphatic carbocycles. The van der Waals surface area contributed by atoms with Crippen LogP contribution >= 0.6 is 0 Å². The van der Waals surface area contributed by atoms with Crippen LogP contribution in [0.2, 0.25) is 0 Å². The van der Waals surface area contributed by atoms with E-state index >= 15 is 0 Å². The fourth-order valence-corrected chi connectivity index (χ4v) is 3.30. The van der Waals surface area contributed by atoms with Crippen molar-refractivity contribution in [3.63, 3.8) is 0 Å². The van der Waals surface area contributed by atoms with E-state index in [1.807, 2.05) is 0 Å². The maximum absolute atomic E-state index is 13.4. The third-order valence-corrected chi connectivity index (χ3v) is 4.37. The number of nitrogens with zero attached hydrogens (tertiary/aromatic N) is 1. The van der Waals surface area contributed by atoms with E-state index in [1.165, 1.54) is 4.57 Å². The summed E-state index contributed by atoms with van der Waals surface area (Å²) < 4.78 is 28.2. The molecule has 6 heteroatoms. The number of alkyl halides is 2. The Morgan fingerprint density at radius 3 is 2.30 bits per heavy atom. The average Bonchev–Trinajstić information content (AvgIpc) is 2.65. The highest BCUT2D eigenvalue weighted by Gasteiger charge is 2.50. The molecule has 4 nitrogen and oxygen atoms in total. The molecule has 0 radical (unpaired) electrons. The van der Waals surface area contributed by atoms with Gasteiger partial charge in [-0.3, -0.25) is 14.2 Å². The number of carbonyl (C=O) groups is 1. The summed E-state index contributed by atoms with van der Waals surface area (Å²) in [6.07, 6.45) is -0.457. The third-order valence-electron chi connectivity index (χ3n) is 4.37. The summed E-state index contributed by atoms with van der Waals surface area (Å²) in [7, 11) is 0. The molecule has 1 amide bonds. The molecule has 0 saturated heterocycles. The predicted octanol–water partition coefficient (Wildman–Crippen LogP) is 2.07. The highest BCUT2D eigenvalue weighted by molar-refractivity contribution is 5.96. The molecule has 108 valence electrons. The second-order valence-corrected chi connectivity index (χ2v) is 5.84. The molecule has 0 atom stereocenters. The Morgan fingerprint density at radius 1 is 1.10 bits per heavy atom. The molecule has 3 rings (SSSR count). The van der Waals surface area contributed by atoms with Crippen molar-refractivity contribution >= 4 is 5.91 Å². The summed E-state index contributed by atoms with van der Waals surface area (Å²) in [4.78, 5) is 24.5. The summed E-state index contributed by atoms with van der Waals surface area (Å²) >= 11 is 0. The zero-order valence-corrected chi connectivity index (χ0v) is 11.4. The quantitative estimate of drug-likeness (QED) is 0.792. The fourth-order valence-electron chi connectivity index (χ4n) is 3.30. The van der Waals surface area contributed by atoms with Gasteiger partial charge in [0.15, 0.2) is 0 Å². The Balaban J connectivity index is 2.17. The summed E-state index contributed by atoms with van der Waals surface area (Å²) in [6, 6.07) is 1.67. The number of fused-ring (bicyclic) bond motifs is 2. The lowest BCUT2D eigenvalue weighted by Gasteiger charge is -2.38. The van der Waals surface area contributed by atoms with E-state index in [0.29, 0.717) is 16.8 Å². The Morgan fingerprint density at radius 2 is 1.70 bits per heavy atom. The van der Waals surface area contributed by atoms with Crippen molar-refractivity contribution in [3.05, 3.63) is 33.2 Å². The Hall–Kier alpha value is -1.72. The van der Waals surface area contributed by atoms with Crippen molar-refractivity contribution in [2.24, 2.45) is 0 Å². The lowest BCUT2D eigenvalue weighted by Crippen LogP contribution is -2.51. The number of nitrogens with one attached hydrogen (secondary N) is 1. The first-order valence-corrected chi connectivity index (χ1v) is 6.70. The maximum Gasteiger partial charge on any atom is 0.270 e. The molecule has 1 aromatic heterocycles. The van der Waals surface area contributed by atoms with Crippen molar-refractivity contribution in [1.29, 1.82) is 0 Å². The van der Waals surface area contributed by atoms with Crippen LogP contribution in [0.4, 0.5) is 8.78 Å². The van der Waals surface area contributed by atoms with E-state index in [1.54, 1.807) is 19.9 Å². The van der Waals surface area contributed by atoms with Gasteiger partial charge in [-0.15, -0.1) is 0 Å². The minimum absolute atomic E-state index is 0.0849. The maximum atomic E-state index is 13.4. The van der Waals surface area contributed by atoms with Gasteiger partial charge in [0.05, 0.1) is 0 Å². The number of hydrogen-bond acceptors (Lipinski definition) is 2. The summed E-state index contributed by atoms with van der Waals surface area (Å²) in [5, 5.41) is 2.77. The topological polar surface area (TPSA) is 51.1 Å². The van der Waals surface area contributed by atoms with E-state index in [2.05, 4.69) is 5.32 Å². The molecule has 2 heterocycles. The first-order chi connectivity index (χ1) is 9.26. The number of aromatic nitrogens is 1. The van der Waals surface area contributed by atoms with Gasteiger partial charge >= 0.3 is 0 Å². The van der Waals surface area contributed by atoms with Gasteiger partial charge in [-0.05, 0) is 38.3 Å². The molecule has 1 fully saturated rings. The molecular weight excluding hydrogens is 266 g/mol. The van der Waals surface area contributed by atoms with Gasteiger partial charge in [-0.25, -0.2) is 8.78 Å². The second kappa shape index (κ2) is 3.90. The predicted molar refractivity (Wildman–Crippen MR) is 69.0 cm³/mol. The molecule has 0 bridgehead atoms. The first-order valence-electron chi connectivity index (χ1n) is 6.70. The Bertz CT molecular complexity index is 654. The Labute approximate surface area is 114 Å². The molecule has 2 aliphatic rings. The number of carbonyl (C=O) groups excluding carboxylic acids is 1. The molecule has 1 saturated carbocycles. The first kappa shape index (κ1) is 13.3. The average molecular weight is 282 g/mol.